The van der Waals surface area contributed by atoms with Gasteiger partial charge in [0.25, 0.3) is 5.91 Å². The highest BCUT2D eigenvalue weighted by Gasteiger charge is 2.34. The van der Waals surface area contributed by atoms with Crippen molar-refractivity contribution in [2.75, 3.05) is 25.0 Å². The second kappa shape index (κ2) is 7.31. The number of fused-ring (bicyclic) bond motifs is 1. The van der Waals surface area contributed by atoms with Crippen LogP contribution in [0.3, 0.4) is 0 Å². The lowest BCUT2D eigenvalue weighted by Gasteiger charge is -2.38. The quantitative estimate of drug-likeness (QED) is 0.791. The average Bonchev–Trinajstić information content (AvgIpc) is 3.34. The molecule has 4 heterocycles. The van der Waals surface area contributed by atoms with E-state index in [1.54, 1.807) is 23.8 Å². The van der Waals surface area contributed by atoms with Gasteiger partial charge in [-0.05, 0) is 18.9 Å². The lowest BCUT2D eigenvalue weighted by Crippen LogP contribution is -2.48. The van der Waals surface area contributed by atoms with Gasteiger partial charge in [0.15, 0.2) is 23.3 Å². The van der Waals surface area contributed by atoms with E-state index in [1.165, 1.54) is 12.3 Å². The van der Waals surface area contributed by atoms with Gasteiger partial charge in [0.1, 0.15) is 5.69 Å². The van der Waals surface area contributed by atoms with Crippen LogP contribution < -0.4 is 10.2 Å². The number of nitrogens with one attached hydrogen (secondary N) is 1. The summed E-state index contributed by atoms with van der Waals surface area (Å²) in [6.07, 6.45) is 4.37. The van der Waals surface area contributed by atoms with Crippen LogP contribution in [0, 0.1) is 12.7 Å². The van der Waals surface area contributed by atoms with Gasteiger partial charge >= 0.3 is 0 Å². The van der Waals surface area contributed by atoms with E-state index in [4.69, 9.17) is 4.42 Å². The number of nitrogens with zero attached hydrogens (tertiary/aromatic N) is 4. The predicted molar refractivity (Wildman–Crippen MR) is 104 cm³/mol. The number of pyridine rings is 1. The van der Waals surface area contributed by atoms with Crippen LogP contribution in [0.1, 0.15) is 34.7 Å². The number of aromatic nitrogens is 2. The molecule has 0 spiro atoms. The first kappa shape index (κ1) is 19.1. The van der Waals surface area contributed by atoms with E-state index in [1.807, 2.05) is 0 Å². The third kappa shape index (κ3) is 3.26. The van der Waals surface area contributed by atoms with Gasteiger partial charge in [-0.3, -0.25) is 9.59 Å². The van der Waals surface area contributed by atoms with E-state index in [0.29, 0.717) is 24.7 Å². The lowest BCUT2D eigenvalue weighted by atomic mass is 10.0. The molecule has 2 aliphatic heterocycles. The number of likely N-dealkylation sites (tertiary alicyclic amines) is 1. The molecule has 9 heteroatoms. The topological polar surface area (TPSA) is 91.6 Å². The highest BCUT2D eigenvalue weighted by molar-refractivity contribution is 6.03. The van der Waals surface area contributed by atoms with Crippen LogP contribution in [-0.2, 0) is 11.3 Å². The summed E-state index contributed by atoms with van der Waals surface area (Å²) >= 11 is 0. The van der Waals surface area contributed by atoms with E-state index in [-0.39, 0.29) is 47.0 Å². The van der Waals surface area contributed by atoms with Crippen molar-refractivity contribution >= 4 is 17.6 Å². The molecule has 0 unspecified atom stereocenters. The fourth-order valence-corrected chi connectivity index (χ4v) is 3.92. The Morgan fingerprint density at radius 2 is 2.31 bits per heavy atom. The van der Waals surface area contributed by atoms with Crippen LogP contribution in [0.2, 0.25) is 0 Å². The molecular formula is C20H22FN5O3. The molecule has 0 aliphatic carbocycles. The number of carbonyl (C=O) groups is 2. The summed E-state index contributed by atoms with van der Waals surface area (Å²) in [4.78, 5) is 36.3. The predicted octanol–water partition coefficient (Wildman–Crippen LogP) is 2.04. The highest BCUT2D eigenvalue weighted by Crippen LogP contribution is 2.35. The largest absolute Gasteiger partial charge is 0.439 e. The van der Waals surface area contributed by atoms with Gasteiger partial charge in [-0.2, -0.15) is 0 Å². The van der Waals surface area contributed by atoms with E-state index < -0.39 is 5.82 Å². The molecule has 29 heavy (non-hydrogen) atoms. The van der Waals surface area contributed by atoms with Gasteiger partial charge in [-0.25, -0.2) is 14.4 Å². The summed E-state index contributed by atoms with van der Waals surface area (Å²) in [5.41, 5.74) is 0.724. The average molecular weight is 399 g/mol. The maximum Gasteiger partial charge on any atom is 0.254 e. The minimum absolute atomic E-state index is 0.0925. The van der Waals surface area contributed by atoms with Gasteiger partial charge in [0.05, 0.1) is 11.8 Å². The molecule has 8 nitrogen and oxygen atoms in total. The lowest BCUT2D eigenvalue weighted by molar-refractivity contribution is -0.127. The van der Waals surface area contributed by atoms with Gasteiger partial charge in [-0.1, -0.05) is 6.58 Å². The smallest absolute Gasteiger partial charge is 0.254 e. The Labute approximate surface area is 167 Å². The normalized spacial score (nSPS) is 18.4. The van der Waals surface area contributed by atoms with E-state index >= 15 is 4.39 Å². The number of halogens is 1. The van der Waals surface area contributed by atoms with Crippen LogP contribution in [0.25, 0.3) is 11.5 Å². The van der Waals surface area contributed by atoms with Crippen LogP contribution in [0.15, 0.2) is 23.3 Å². The minimum atomic E-state index is -0.534. The summed E-state index contributed by atoms with van der Waals surface area (Å²) in [5, 5.41) is 2.65. The zero-order valence-electron chi connectivity index (χ0n) is 16.4. The van der Waals surface area contributed by atoms with Crippen LogP contribution >= 0.6 is 0 Å². The van der Waals surface area contributed by atoms with Crippen LogP contribution in [0.4, 0.5) is 10.2 Å². The zero-order valence-corrected chi connectivity index (χ0v) is 16.4. The fourth-order valence-electron chi connectivity index (χ4n) is 3.92. The molecule has 2 aliphatic rings. The summed E-state index contributed by atoms with van der Waals surface area (Å²) in [6, 6.07) is -0.109. The van der Waals surface area contributed by atoms with Crippen molar-refractivity contribution < 1.29 is 18.4 Å². The second-order valence-corrected chi connectivity index (χ2v) is 7.27. The summed E-state index contributed by atoms with van der Waals surface area (Å²) in [6.45, 7) is 6.42. The molecule has 1 N–H and O–H groups in total. The first-order valence-electron chi connectivity index (χ1n) is 9.48. The molecule has 1 atom stereocenters. The Bertz CT molecular complexity index is 1000. The van der Waals surface area contributed by atoms with Crippen molar-refractivity contribution in [1.82, 2.24) is 20.2 Å². The number of aryl methyl sites for hydroxylation is 1. The van der Waals surface area contributed by atoms with Crippen molar-refractivity contribution in [2.45, 2.75) is 32.4 Å². The number of likely N-dealkylation sites (N-methyl/N-ethyl adjacent to an activating group) is 1. The van der Waals surface area contributed by atoms with E-state index in [9.17, 15) is 9.59 Å². The first-order valence-corrected chi connectivity index (χ1v) is 9.48. The summed E-state index contributed by atoms with van der Waals surface area (Å²) in [7, 11) is 1.75. The Hall–Kier alpha value is -3.23. The number of carbonyl (C=O) groups excluding carboxylic acids is 2. The third-order valence-corrected chi connectivity index (χ3v) is 5.49. The molecule has 0 radical (unpaired) electrons. The standard InChI is InChI=1S/C20H22FN5O3/c1-4-15(27)26-7-5-6-12(10-26)25(3)19-17(21)13-8-23-20(28)16(13)18(24-19)14-9-22-11(2)29-14/h4,9,12H,1,5-8,10H2,2-3H3,(H,23,28)/t12-/m1/s1. The summed E-state index contributed by atoms with van der Waals surface area (Å²) in [5.74, 6) is -0.185. The van der Waals surface area contributed by atoms with Gasteiger partial charge < -0.3 is 19.5 Å². The number of amides is 2. The maximum absolute atomic E-state index is 15.3. The Kier molecular flexibility index (Phi) is 4.81. The number of piperidine rings is 1. The number of oxazole rings is 1. The van der Waals surface area contributed by atoms with Crippen molar-refractivity contribution in [3.05, 3.63) is 41.7 Å². The van der Waals surface area contributed by atoms with E-state index in [2.05, 4.69) is 21.9 Å². The molecule has 0 bridgehead atoms. The van der Waals surface area contributed by atoms with Crippen molar-refractivity contribution in [3.63, 3.8) is 0 Å². The monoisotopic (exact) mass is 399 g/mol. The Balaban J connectivity index is 1.75. The fraction of sp³-hybridized carbons (Fsp3) is 0.400. The number of hydrogen-bond donors (Lipinski definition) is 1. The van der Waals surface area contributed by atoms with Gasteiger partial charge in [0, 0.05) is 45.2 Å². The van der Waals surface area contributed by atoms with Gasteiger partial charge in [-0.15, -0.1) is 0 Å². The molecule has 1 fully saturated rings. The molecule has 152 valence electrons. The Morgan fingerprint density at radius 1 is 1.52 bits per heavy atom. The maximum atomic E-state index is 15.3. The first-order chi connectivity index (χ1) is 13.9. The molecule has 0 aromatic carbocycles. The second-order valence-electron chi connectivity index (χ2n) is 7.27. The number of rotatable bonds is 4. The zero-order chi connectivity index (χ0) is 20.7. The molecule has 2 aromatic heterocycles. The Morgan fingerprint density at radius 3 is 3.00 bits per heavy atom. The summed E-state index contributed by atoms with van der Waals surface area (Å²) < 4.78 is 20.9. The van der Waals surface area contributed by atoms with Crippen molar-refractivity contribution in [1.29, 1.82) is 0 Å². The highest BCUT2D eigenvalue weighted by atomic mass is 19.1. The molecule has 1 saturated heterocycles. The SMILES string of the molecule is C=CC(=O)N1CCC[C@@H](N(C)c2nc(-c3cnc(C)o3)c3c(c2F)CNC3=O)C1. The molecular weight excluding hydrogens is 377 g/mol. The minimum Gasteiger partial charge on any atom is -0.439 e. The van der Waals surface area contributed by atoms with Crippen molar-refractivity contribution in [2.24, 2.45) is 0 Å². The van der Waals surface area contributed by atoms with Gasteiger partial charge in [0.2, 0.25) is 5.91 Å². The van der Waals surface area contributed by atoms with Crippen LogP contribution in [0.5, 0.6) is 0 Å². The third-order valence-electron chi connectivity index (χ3n) is 5.49. The van der Waals surface area contributed by atoms with E-state index in [0.717, 1.165) is 12.8 Å². The molecule has 2 amide bonds. The molecule has 2 aromatic rings. The molecule has 0 saturated carbocycles. The molecule has 4 rings (SSSR count). The van der Waals surface area contributed by atoms with Crippen LogP contribution in [-0.4, -0.2) is 52.9 Å². The number of anilines is 1. The van der Waals surface area contributed by atoms with Crippen molar-refractivity contribution in [3.8, 4) is 11.5 Å². The number of hydrogen-bond acceptors (Lipinski definition) is 6.